The number of halogens is 1. The molecular formula is C19H14FNO3S. The molecule has 0 radical (unpaired) electrons. The van der Waals surface area contributed by atoms with Crippen LogP contribution in [-0.4, -0.2) is 23.3 Å². The number of nitrogens with zero attached hydrogens (tertiary/aromatic N) is 1. The van der Waals surface area contributed by atoms with Gasteiger partial charge in [-0.05, 0) is 19.1 Å². The summed E-state index contributed by atoms with van der Waals surface area (Å²) in [6, 6.07) is 14.6. The highest BCUT2D eigenvalue weighted by Crippen LogP contribution is 2.28. The molecule has 1 aromatic heterocycles. The number of esters is 1. The Morgan fingerprint density at radius 1 is 1.12 bits per heavy atom. The predicted octanol–water partition coefficient (Wildman–Crippen LogP) is 4.30. The lowest BCUT2D eigenvalue weighted by Gasteiger charge is -2.05. The van der Waals surface area contributed by atoms with Gasteiger partial charge in [0, 0.05) is 11.1 Å². The Labute approximate surface area is 147 Å². The predicted molar refractivity (Wildman–Crippen MR) is 93.3 cm³/mol. The van der Waals surface area contributed by atoms with Crippen LogP contribution in [0.15, 0.2) is 54.6 Å². The first-order chi connectivity index (χ1) is 12.0. The van der Waals surface area contributed by atoms with Crippen molar-refractivity contribution in [3.05, 3.63) is 75.9 Å². The normalized spacial score (nSPS) is 10.5. The largest absolute Gasteiger partial charge is 0.453 e. The summed E-state index contributed by atoms with van der Waals surface area (Å²) in [4.78, 5) is 29.1. The second-order valence-electron chi connectivity index (χ2n) is 5.29. The van der Waals surface area contributed by atoms with Crippen LogP contribution in [0, 0.1) is 12.7 Å². The van der Waals surface area contributed by atoms with Crippen LogP contribution in [0.3, 0.4) is 0 Å². The van der Waals surface area contributed by atoms with Crippen molar-refractivity contribution in [2.24, 2.45) is 0 Å². The quantitative estimate of drug-likeness (QED) is 0.506. The van der Waals surface area contributed by atoms with Gasteiger partial charge in [-0.1, -0.05) is 42.5 Å². The third-order valence-electron chi connectivity index (χ3n) is 3.45. The van der Waals surface area contributed by atoms with Crippen molar-refractivity contribution in [2.45, 2.75) is 6.92 Å². The Bertz CT molecular complexity index is 921. The molecule has 0 N–H and O–H groups in total. The molecular weight excluding hydrogens is 341 g/mol. The summed E-state index contributed by atoms with van der Waals surface area (Å²) in [5, 5.41) is 0.724. The number of Topliss-reactive ketones (excluding diaryl/α,β-unsaturated/α-hetero) is 1. The highest BCUT2D eigenvalue weighted by atomic mass is 32.1. The average molecular weight is 355 g/mol. The van der Waals surface area contributed by atoms with Crippen molar-refractivity contribution in [1.29, 1.82) is 0 Å². The molecule has 0 spiro atoms. The van der Waals surface area contributed by atoms with Crippen LogP contribution in [0.5, 0.6) is 0 Å². The van der Waals surface area contributed by atoms with Gasteiger partial charge in [0.25, 0.3) is 0 Å². The summed E-state index contributed by atoms with van der Waals surface area (Å²) in [5.41, 5.74) is 1.50. The molecule has 0 aliphatic heterocycles. The first-order valence-corrected chi connectivity index (χ1v) is 8.35. The van der Waals surface area contributed by atoms with Gasteiger partial charge in [0.1, 0.15) is 10.7 Å². The van der Waals surface area contributed by atoms with Crippen molar-refractivity contribution >= 4 is 23.1 Å². The van der Waals surface area contributed by atoms with Crippen LogP contribution in [0.2, 0.25) is 0 Å². The number of carbonyl (C=O) groups is 2. The van der Waals surface area contributed by atoms with Crippen LogP contribution in [0.1, 0.15) is 25.0 Å². The van der Waals surface area contributed by atoms with E-state index >= 15 is 0 Å². The number of thiazole rings is 1. The van der Waals surface area contributed by atoms with E-state index < -0.39 is 24.2 Å². The molecule has 0 saturated heterocycles. The van der Waals surface area contributed by atoms with Crippen LogP contribution in [0.25, 0.3) is 11.3 Å². The first kappa shape index (κ1) is 17.0. The monoisotopic (exact) mass is 355 g/mol. The average Bonchev–Trinajstić information content (AvgIpc) is 3.02. The van der Waals surface area contributed by atoms with E-state index in [0.717, 1.165) is 16.6 Å². The zero-order valence-electron chi connectivity index (χ0n) is 13.4. The number of rotatable bonds is 5. The van der Waals surface area contributed by atoms with Crippen LogP contribution >= 0.6 is 11.3 Å². The number of aryl methyl sites for hydroxylation is 1. The number of carbonyl (C=O) groups excluding carboxylic acids is 2. The molecule has 0 amide bonds. The van der Waals surface area contributed by atoms with E-state index in [-0.39, 0.29) is 5.56 Å². The summed E-state index contributed by atoms with van der Waals surface area (Å²) < 4.78 is 18.3. The number of hydrogen-bond acceptors (Lipinski definition) is 5. The number of ketones is 1. The second-order valence-corrected chi connectivity index (χ2v) is 6.49. The van der Waals surface area contributed by atoms with Gasteiger partial charge in [-0.15, -0.1) is 11.3 Å². The van der Waals surface area contributed by atoms with Gasteiger partial charge in [-0.2, -0.15) is 0 Å². The molecule has 6 heteroatoms. The minimum Gasteiger partial charge on any atom is -0.453 e. The molecule has 0 bridgehead atoms. The Hall–Kier alpha value is -2.86. The van der Waals surface area contributed by atoms with E-state index in [2.05, 4.69) is 4.98 Å². The van der Waals surface area contributed by atoms with Gasteiger partial charge in [-0.25, -0.2) is 14.2 Å². The Morgan fingerprint density at radius 2 is 1.88 bits per heavy atom. The van der Waals surface area contributed by atoms with Crippen LogP contribution < -0.4 is 0 Å². The fraction of sp³-hybridized carbons (Fsp3) is 0.105. The number of benzene rings is 2. The van der Waals surface area contributed by atoms with E-state index in [1.165, 1.54) is 29.5 Å². The zero-order valence-corrected chi connectivity index (χ0v) is 14.2. The van der Waals surface area contributed by atoms with E-state index in [9.17, 15) is 14.0 Å². The van der Waals surface area contributed by atoms with Gasteiger partial charge < -0.3 is 4.74 Å². The third-order valence-corrected chi connectivity index (χ3v) is 4.40. The van der Waals surface area contributed by atoms with E-state index in [4.69, 9.17) is 4.74 Å². The Morgan fingerprint density at radius 3 is 2.60 bits per heavy atom. The van der Waals surface area contributed by atoms with Crippen LogP contribution in [0.4, 0.5) is 4.39 Å². The highest BCUT2D eigenvalue weighted by molar-refractivity contribution is 7.14. The SMILES string of the molecule is Cc1nc(-c2ccccc2)c(C(=O)OCC(=O)c2cccc(F)c2)s1. The molecule has 126 valence electrons. The van der Waals surface area contributed by atoms with E-state index in [1.807, 2.05) is 30.3 Å². The van der Waals surface area contributed by atoms with E-state index in [1.54, 1.807) is 6.92 Å². The summed E-state index contributed by atoms with van der Waals surface area (Å²) in [6.45, 7) is 1.35. The molecule has 0 atom stereocenters. The Kier molecular flexibility index (Phi) is 5.00. The standard InChI is InChI=1S/C19H14FNO3S/c1-12-21-17(13-6-3-2-4-7-13)18(25-12)19(23)24-11-16(22)14-8-5-9-15(20)10-14/h2-10H,11H2,1H3. The fourth-order valence-electron chi connectivity index (χ4n) is 2.30. The van der Waals surface area contributed by atoms with Gasteiger partial charge in [-0.3, -0.25) is 4.79 Å². The topological polar surface area (TPSA) is 56.3 Å². The highest BCUT2D eigenvalue weighted by Gasteiger charge is 2.20. The van der Waals surface area contributed by atoms with Gasteiger partial charge in [0.05, 0.1) is 10.7 Å². The van der Waals surface area contributed by atoms with Crippen molar-refractivity contribution in [3.63, 3.8) is 0 Å². The summed E-state index contributed by atoms with van der Waals surface area (Å²) >= 11 is 1.21. The Balaban J connectivity index is 1.75. The molecule has 0 aliphatic rings. The molecule has 0 fully saturated rings. The third kappa shape index (κ3) is 3.97. The van der Waals surface area contributed by atoms with Gasteiger partial charge in [0.2, 0.25) is 0 Å². The van der Waals surface area contributed by atoms with Crippen LogP contribution in [-0.2, 0) is 4.74 Å². The molecule has 4 nitrogen and oxygen atoms in total. The zero-order chi connectivity index (χ0) is 17.8. The minimum absolute atomic E-state index is 0.163. The maximum atomic E-state index is 13.2. The molecule has 3 rings (SSSR count). The lowest BCUT2D eigenvalue weighted by Crippen LogP contribution is -2.14. The lowest BCUT2D eigenvalue weighted by molar-refractivity contribution is 0.0480. The minimum atomic E-state index is -0.616. The van der Waals surface area contributed by atoms with Crippen molar-refractivity contribution in [1.82, 2.24) is 4.98 Å². The molecule has 25 heavy (non-hydrogen) atoms. The first-order valence-electron chi connectivity index (χ1n) is 7.53. The molecule has 3 aromatic rings. The number of ether oxygens (including phenoxy) is 1. The smallest absolute Gasteiger partial charge is 0.351 e. The summed E-state index contributed by atoms with van der Waals surface area (Å²) in [5.74, 6) is -1.59. The molecule has 1 heterocycles. The summed E-state index contributed by atoms with van der Waals surface area (Å²) in [7, 11) is 0. The maximum Gasteiger partial charge on any atom is 0.351 e. The molecule has 0 saturated carbocycles. The van der Waals surface area contributed by atoms with Crippen molar-refractivity contribution in [3.8, 4) is 11.3 Å². The molecule has 2 aromatic carbocycles. The number of aromatic nitrogens is 1. The fourth-order valence-corrected chi connectivity index (χ4v) is 3.13. The van der Waals surface area contributed by atoms with Gasteiger partial charge >= 0.3 is 5.97 Å². The van der Waals surface area contributed by atoms with E-state index in [0.29, 0.717) is 10.6 Å². The molecule has 0 aliphatic carbocycles. The lowest BCUT2D eigenvalue weighted by atomic mass is 10.1. The summed E-state index contributed by atoms with van der Waals surface area (Å²) in [6.07, 6.45) is 0. The number of hydrogen-bond donors (Lipinski definition) is 0. The molecule has 0 unspecified atom stereocenters. The van der Waals surface area contributed by atoms with Gasteiger partial charge in [0.15, 0.2) is 12.4 Å². The maximum absolute atomic E-state index is 13.2. The van der Waals surface area contributed by atoms with Crippen molar-refractivity contribution < 1.29 is 18.7 Å². The second kappa shape index (κ2) is 7.36. The van der Waals surface area contributed by atoms with Crippen molar-refractivity contribution in [2.75, 3.05) is 6.61 Å².